The summed E-state index contributed by atoms with van der Waals surface area (Å²) in [5.41, 5.74) is 0.641. The fourth-order valence-electron chi connectivity index (χ4n) is 1.95. The molecule has 5 heteroatoms. The first-order valence-electron chi connectivity index (χ1n) is 6.10. The van der Waals surface area contributed by atoms with Crippen LogP contribution in [0, 0.1) is 17.5 Å². The smallest absolute Gasteiger partial charge is 0.130 e. The minimum atomic E-state index is -0.602. The molecule has 1 N–H and O–H groups in total. The van der Waals surface area contributed by atoms with E-state index in [0.29, 0.717) is 5.56 Å². The van der Waals surface area contributed by atoms with E-state index < -0.39 is 23.5 Å². The highest BCUT2D eigenvalue weighted by molar-refractivity contribution is 6.31. The highest BCUT2D eigenvalue weighted by Crippen LogP contribution is 2.22. The van der Waals surface area contributed by atoms with Gasteiger partial charge in [0, 0.05) is 23.2 Å². The molecule has 0 saturated carbocycles. The average Bonchev–Trinajstić information content (AvgIpc) is 2.37. The molecule has 0 aromatic heterocycles. The Labute approximate surface area is 120 Å². The van der Waals surface area contributed by atoms with E-state index in [9.17, 15) is 13.2 Å². The minimum absolute atomic E-state index is 0.0225. The van der Waals surface area contributed by atoms with E-state index in [-0.39, 0.29) is 17.1 Å². The largest absolute Gasteiger partial charge is 0.306 e. The van der Waals surface area contributed by atoms with Crippen LogP contribution in [-0.4, -0.2) is 0 Å². The summed E-state index contributed by atoms with van der Waals surface area (Å²) in [6.07, 6.45) is 0. The lowest BCUT2D eigenvalue weighted by atomic mass is 10.1. The standard InChI is InChI=1S/C15H13ClF3N/c1-9(15-13(18)3-2-4-14(15)19)20-8-10-5-6-11(17)7-12(10)16/h2-7,9,20H,8H2,1H3. The zero-order valence-corrected chi connectivity index (χ0v) is 11.5. The van der Waals surface area contributed by atoms with Gasteiger partial charge in [-0.3, -0.25) is 0 Å². The molecule has 0 spiro atoms. The van der Waals surface area contributed by atoms with E-state index >= 15 is 0 Å². The third kappa shape index (κ3) is 3.32. The highest BCUT2D eigenvalue weighted by atomic mass is 35.5. The van der Waals surface area contributed by atoms with Crippen LogP contribution in [0.25, 0.3) is 0 Å². The second-order valence-electron chi connectivity index (χ2n) is 4.47. The summed E-state index contributed by atoms with van der Waals surface area (Å²) in [4.78, 5) is 0. The molecule has 2 aromatic rings. The maximum absolute atomic E-state index is 13.6. The summed E-state index contributed by atoms with van der Waals surface area (Å²) in [7, 11) is 0. The molecule has 20 heavy (non-hydrogen) atoms. The molecule has 0 fully saturated rings. The maximum atomic E-state index is 13.6. The maximum Gasteiger partial charge on any atom is 0.130 e. The number of hydrogen-bond donors (Lipinski definition) is 1. The molecule has 1 unspecified atom stereocenters. The molecule has 106 valence electrons. The van der Waals surface area contributed by atoms with E-state index in [1.807, 2.05) is 0 Å². The van der Waals surface area contributed by atoms with Crippen molar-refractivity contribution in [2.24, 2.45) is 0 Å². The van der Waals surface area contributed by atoms with Crippen LogP contribution in [0.2, 0.25) is 5.02 Å². The van der Waals surface area contributed by atoms with Gasteiger partial charge in [-0.2, -0.15) is 0 Å². The highest BCUT2D eigenvalue weighted by Gasteiger charge is 2.15. The summed E-state index contributed by atoms with van der Waals surface area (Å²) >= 11 is 5.89. The summed E-state index contributed by atoms with van der Waals surface area (Å²) < 4.78 is 40.1. The molecule has 0 saturated heterocycles. The van der Waals surface area contributed by atoms with Gasteiger partial charge in [0.25, 0.3) is 0 Å². The molecule has 0 aliphatic rings. The SMILES string of the molecule is CC(NCc1ccc(F)cc1Cl)c1c(F)cccc1F. The van der Waals surface area contributed by atoms with Crippen molar-refractivity contribution in [1.29, 1.82) is 0 Å². The van der Waals surface area contributed by atoms with Crippen molar-refractivity contribution in [3.63, 3.8) is 0 Å². The number of hydrogen-bond acceptors (Lipinski definition) is 1. The zero-order valence-electron chi connectivity index (χ0n) is 10.8. The van der Waals surface area contributed by atoms with Gasteiger partial charge >= 0.3 is 0 Å². The number of nitrogens with one attached hydrogen (secondary N) is 1. The van der Waals surface area contributed by atoms with Crippen LogP contribution in [0.4, 0.5) is 13.2 Å². The van der Waals surface area contributed by atoms with Crippen molar-refractivity contribution in [3.8, 4) is 0 Å². The summed E-state index contributed by atoms with van der Waals surface area (Å²) in [5.74, 6) is -1.63. The number of benzene rings is 2. The predicted octanol–water partition coefficient (Wildman–Crippen LogP) is 4.61. The van der Waals surface area contributed by atoms with Gasteiger partial charge in [0.15, 0.2) is 0 Å². The first kappa shape index (κ1) is 14.9. The van der Waals surface area contributed by atoms with Crippen LogP contribution < -0.4 is 5.32 Å². The third-order valence-electron chi connectivity index (χ3n) is 3.05. The fourth-order valence-corrected chi connectivity index (χ4v) is 2.19. The van der Waals surface area contributed by atoms with Crippen LogP contribution in [0.3, 0.4) is 0 Å². The topological polar surface area (TPSA) is 12.0 Å². The second-order valence-corrected chi connectivity index (χ2v) is 4.88. The Kier molecular flexibility index (Phi) is 4.68. The number of halogens is 4. The molecule has 0 radical (unpaired) electrons. The average molecular weight is 300 g/mol. The molecular formula is C15H13ClF3N. The number of rotatable bonds is 4. The van der Waals surface area contributed by atoms with Crippen molar-refractivity contribution in [3.05, 3.63) is 70.0 Å². The van der Waals surface area contributed by atoms with Crippen LogP contribution in [0.15, 0.2) is 36.4 Å². The Morgan fingerprint density at radius 2 is 1.75 bits per heavy atom. The summed E-state index contributed by atoms with van der Waals surface area (Å²) in [5, 5.41) is 3.25. The molecule has 2 rings (SSSR count). The normalized spacial score (nSPS) is 12.4. The lowest BCUT2D eigenvalue weighted by molar-refractivity contribution is 0.487. The molecule has 1 atom stereocenters. The quantitative estimate of drug-likeness (QED) is 0.869. The Hall–Kier alpha value is -1.52. The summed E-state index contributed by atoms with van der Waals surface area (Å²) in [6, 6.07) is 7.23. The Morgan fingerprint density at radius 3 is 2.35 bits per heavy atom. The predicted molar refractivity (Wildman–Crippen MR) is 73.0 cm³/mol. The minimum Gasteiger partial charge on any atom is -0.306 e. The van der Waals surface area contributed by atoms with Crippen LogP contribution in [-0.2, 0) is 6.54 Å². The van der Waals surface area contributed by atoms with Crippen LogP contribution in [0.5, 0.6) is 0 Å². The molecule has 2 aromatic carbocycles. The molecule has 0 aliphatic carbocycles. The van der Waals surface area contributed by atoms with Gasteiger partial charge in [-0.1, -0.05) is 23.7 Å². The van der Waals surface area contributed by atoms with Gasteiger partial charge < -0.3 is 5.32 Å². The lowest BCUT2D eigenvalue weighted by Crippen LogP contribution is -2.20. The van der Waals surface area contributed by atoms with Gasteiger partial charge in [0.1, 0.15) is 17.5 Å². The Bertz CT molecular complexity index is 596. The van der Waals surface area contributed by atoms with Gasteiger partial charge in [-0.15, -0.1) is 0 Å². The Balaban J connectivity index is 2.11. The molecule has 0 bridgehead atoms. The molecule has 0 aliphatic heterocycles. The van der Waals surface area contributed by atoms with Gasteiger partial charge in [-0.05, 0) is 36.8 Å². The van der Waals surface area contributed by atoms with Crippen molar-refractivity contribution >= 4 is 11.6 Å². The third-order valence-corrected chi connectivity index (χ3v) is 3.40. The molecular weight excluding hydrogens is 287 g/mol. The van der Waals surface area contributed by atoms with Crippen molar-refractivity contribution < 1.29 is 13.2 Å². The van der Waals surface area contributed by atoms with Crippen molar-refractivity contribution in [1.82, 2.24) is 5.32 Å². The molecule has 0 heterocycles. The zero-order chi connectivity index (χ0) is 14.7. The molecule has 1 nitrogen and oxygen atoms in total. The van der Waals surface area contributed by atoms with E-state index in [1.165, 1.54) is 36.4 Å². The van der Waals surface area contributed by atoms with Gasteiger partial charge in [0.05, 0.1) is 0 Å². The lowest BCUT2D eigenvalue weighted by Gasteiger charge is -2.16. The van der Waals surface area contributed by atoms with Crippen LogP contribution >= 0.6 is 11.6 Å². The van der Waals surface area contributed by atoms with Crippen molar-refractivity contribution in [2.75, 3.05) is 0 Å². The first-order chi connectivity index (χ1) is 9.49. The fraction of sp³-hybridized carbons (Fsp3) is 0.200. The van der Waals surface area contributed by atoms with Gasteiger partial charge in [0.2, 0.25) is 0 Å². The van der Waals surface area contributed by atoms with E-state index in [1.54, 1.807) is 6.92 Å². The van der Waals surface area contributed by atoms with Crippen LogP contribution in [0.1, 0.15) is 24.1 Å². The van der Waals surface area contributed by atoms with E-state index in [0.717, 1.165) is 0 Å². The van der Waals surface area contributed by atoms with Gasteiger partial charge in [-0.25, -0.2) is 13.2 Å². The van der Waals surface area contributed by atoms with Crippen molar-refractivity contribution in [2.45, 2.75) is 19.5 Å². The molecule has 0 amide bonds. The Morgan fingerprint density at radius 1 is 1.10 bits per heavy atom. The van der Waals surface area contributed by atoms with E-state index in [4.69, 9.17) is 11.6 Å². The first-order valence-corrected chi connectivity index (χ1v) is 6.48. The second kappa shape index (κ2) is 6.29. The van der Waals surface area contributed by atoms with E-state index in [2.05, 4.69) is 5.32 Å². The monoisotopic (exact) mass is 299 g/mol. The summed E-state index contributed by atoms with van der Waals surface area (Å²) in [6.45, 7) is 1.94.